The van der Waals surface area contributed by atoms with Crippen molar-refractivity contribution in [3.05, 3.63) is 41.2 Å². The molecule has 27 heavy (non-hydrogen) atoms. The molecule has 0 aliphatic carbocycles. The van der Waals surface area contributed by atoms with Crippen LogP contribution in [-0.2, 0) is 13.1 Å². The number of fused-ring (bicyclic) bond motifs is 1. The van der Waals surface area contributed by atoms with Gasteiger partial charge in [-0.1, -0.05) is 0 Å². The van der Waals surface area contributed by atoms with Crippen molar-refractivity contribution in [2.75, 3.05) is 26.7 Å². The van der Waals surface area contributed by atoms with Crippen molar-refractivity contribution in [1.29, 1.82) is 0 Å². The van der Waals surface area contributed by atoms with Crippen LogP contribution >= 0.6 is 12.4 Å². The fourth-order valence-electron chi connectivity index (χ4n) is 3.72. The molecular weight excluding hydrogens is 373 g/mol. The van der Waals surface area contributed by atoms with Gasteiger partial charge >= 0.3 is 0 Å². The largest absolute Gasteiger partial charge is 0.497 e. The summed E-state index contributed by atoms with van der Waals surface area (Å²) in [6.07, 6.45) is 1.63. The van der Waals surface area contributed by atoms with Crippen LogP contribution in [0.15, 0.2) is 18.2 Å². The lowest BCUT2D eigenvalue weighted by atomic mass is 9.95. The summed E-state index contributed by atoms with van der Waals surface area (Å²) in [5, 5.41) is 11.9. The van der Waals surface area contributed by atoms with Crippen LogP contribution in [0.4, 0.5) is 4.39 Å². The highest BCUT2D eigenvalue weighted by Crippen LogP contribution is 2.29. The molecule has 2 aromatic rings. The van der Waals surface area contributed by atoms with Crippen LogP contribution < -0.4 is 10.1 Å². The van der Waals surface area contributed by atoms with Crippen LogP contribution in [0.3, 0.4) is 0 Å². The van der Waals surface area contributed by atoms with E-state index in [-0.39, 0.29) is 23.9 Å². The van der Waals surface area contributed by atoms with Gasteiger partial charge < -0.3 is 19.5 Å². The van der Waals surface area contributed by atoms with Crippen LogP contribution in [-0.4, -0.2) is 52.3 Å². The lowest BCUT2D eigenvalue weighted by Crippen LogP contribution is -2.39. The molecule has 1 saturated heterocycles. The molecule has 0 bridgehead atoms. The molecule has 4 rings (SSSR count). The van der Waals surface area contributed by atoms with Crippen molar-refractivity contribution in [2.45, 2.75) is 31.8 Å². The van der Waals surface area contributed by atoms with Gasteiger partial charge in [-0.25, -0.2) is 4.39 Å². The van der Waals surface area contributed by atoms with E-state index in [1.807, 2.05) is 0 Å². The molecule has 146 valence electrons. The predicted octanol–water partition coefficient (Wildman–Crippen LogP) is 1.97. The minimum atomic E-state index is -0.546. The third-order valence-corrected chi connectivity index (χ3v) is 5.21. The third kappa shape index (κ3) is 3.77. The predicted molar refractivity (Wildman–Crippen MR) is 99.8 cm³/mol. The van der Waals surface area contributed by atoms with Gasteiger partial charge in [0.15, 0.2) is 0 Å². The SMILES string of the molecule is COc1ccc(C(=O)N2CCC(c3nnc4n3CCNC4)CC2)c(F)c1.Cl. The highest BCUT2D eigenvalue weighted by molar-refractivity contribution is 5.94. The molecule has 0 atom stereocenters. The summed E-state index contributed by atoms with van der Waals surface area (Å²) in [6.45, 7) is 3.74. The maximum absolute atomic E-state index is 14.2. The van der Waals surface area contributed by atoms with Crippen molar-refractivity contribution in [3.63, 3.8) is 0 Å². The summed E-state index contributed by atoms with van der Waals surface area (Å²) in [6, 6.07) is 4.35. The topological polar surface area (TPSA) is 72.3 Å². The van der Waals surface area contributed by atoms with Crippen molar-refractivity contribution in [3.8, 4) is 5.75 Å². The van der Waals surface area contributed by atoms with E-state index in [1.54, 1.807) is 11.0 Å². The van der Waals surface area contributed by atoms with Crippen molar-refractivity contribution in [2.24, 2.45) is 0 Å². The molecule has 0 spiro atoms. The maximum atomic E-state index is 14.2. The maximum Gasteiger partial charge on any atom is 0.256 e. The number of likely N-dealkylation sites (tertiary alicyclic amines) is 1. The van der Waals surface area contributed by atoms with Gasteiger partial charge in [-0.05, 0) is 25.0 Å². The number of methoxy groups -OCH3 is 1. The Kier molecular flexibility index (Phi) is 5.96. The normalized spacial score (nSPS) is 17.2. The quantitative estimate of drug-likeness (QED) is 0.860. The molecule has 0 radical (unpaired) electrons. The third-order valence-electron chi connectivity index (χ3n) is 5.21. The monoisotopic (exact) mass is 395 g/mol. The average molecular weight is 396 g/mol. The molecule has 1 amide bonds. The van der Waals surface area contributed by atoms with Crippen molar-refractivity contribution >= 4 is 18.3 Å². The van der Waals surface area contributed by atoms with E-state index < -0.39 is 5.82 Å². The molecule has 1 aromatic carbocycles. The van der Waals surface area contributed by atoms with Crippen LogP contribution in [0, 0.1) is 5.82 Å². The number of hydrogen-bond donors (Lipinski definition) is 1. The minimum absolute atomic E-state index is 0. The number of rotatable bonds is 3. The molecule has 7 nitrogen and oxygen atoms in total. The smallest absolute Gasteiger partial charge is 0.256 e. The Balaban J connectivity index is 0.00000210. The number of amides is 1. The molecular formula is C18H23ClFN5O2. The van der Waals surface area contributed by atoms with Gasteiger partial charge in [0.2, 0.25) is 0 Å². The van der Waals surface area contributed by atoms with Crippen molar-refractivity contribution < 1.29 is 13.9 Å². The van der Waals surface area contributed by atoms with Gasteiger partial charge in [0.05, 0.1) is 19.2 Å². The Morgan fingerprint density at radius 1 is 1.26 bits per heavy atom. The Bertz CT molecular complexity index is 820. The first-order chi connectivity index (χ1) is 12.7. The number of carbonyl (C=O) groups is 1. The lowest BCUT2D eigenvalue weighted by Gasteiger charge is -2.32. The zero-order chi connectivity index (χ0) is 18.1. The summed E-state index contributed by atoms with van der Waals surface area (Å²) in [4.78, 5) is 14.4. The Hall–Kier alpha value is -2.19. The number of ether oxygens (including phenoxy) is 1. The fraction of sp³-hybridized carbons (Fsp3) is 0.500. The van der Waals surface area contributed by atoms with Crippen LogP contribution in [0.2, 0.25) is 0 Å². The first kappa shape index (κ1) is 19.6. The van der Waals surface area contributed by atoms with Crippen LogP contribution in [0.5, 0.6) is 5.75 Å². The highest BCUT2D eigenvalue weighted by Gasteiger charge is 2.30. The summed E-state index contributed by atoms with van der Waals surface area (Å²) < 4.78 is 21.4. The molecule has 1 N–H and O–H groups in total. The second-order valence-corrected chi connectivity index (χ2v) is 6.72. The Labute approximate surface area is 163 Å². The number of nitrogens with one attached hydrogen (secondary N) is 1. The first-order valence-corrected chi connectivity index (χ1v) is 8.93. The van der Waals surface area contributed by atoms with E-state index in [0.717, 1.165) is 44.1 Å². The second-order valence-electron chi connectivity index (χ2n) is 6.72. The number of carbonyl (C=O) groups excluding carboxylic acids is 1. The number of aromatic nitrogens is 3. The summed E-state index contributed by atoms with van der Waals surface area (Å²) in [5.41, 5.74) is 0.0928. The van der Waals surface area contributed by atoms with Gasteiger partial charge in [0, 0.05) is 38.2 Å². The highest BCUT2D eigenvalue weighted by atomic mass is 35.5. The van der Waals surface area contributed by atoms with E-state index >= 15 is 0 Å². The number of benzene rings is 1. The average Bonchev–Trinajstić information content (AvgIpc) is 3.11. The van der Waals surface area contributed by atoms with Crippen LogP contribution in [0.25, 0.3) is 0 Å². The first-order valence-electron chi connectivity index (χ1n) is 8.93. The molecule has 2 aliphatic rings. The van der Waals surface area contributed by atoms with Gasteiger partial charge in [0.1, 0.15) is 23.2 Å². The number of halogens is 2. The van der Waals surface area contributed by atoms with E-state index in [1.165, 1.54) is 19.2 Å². The molecule has 0 unspecified atom stereocenters. The van der Waals surface area contributed by atoms with Crippen LogP contribution in [0.1, 0.15) is 40.8 Å². The molecule has 1 fully saturated rings. The number of hydrogen-bond acceptors (Lipinski definition) is 5. The fourth-order valence-corrected chi connectivity index (χ4v) is 3.72. The van der Waals surface area contributed by atoms with E-state index in [2.05, 4.69) is 20.1 Å². The lowest BCUT2D eigenvalue weighted by molar-refractivity contribution is 0.0705. The molecule has 3 heterocycles. The summed E-state index contributed by atoms with van der Waals surface area (Å²) >= 11 is 0. The zero-order valence-electron chi connectivity index (χ0n) is 15.2. The summed E-state index contributed by atoms with van der Waals surface area (Å²) in [7, 11) is 1.47. The van der Waals surface area contributed by atoms with Gasteiger partial charge in [0.25, 0.3) is 5.91 Å². The molecule has 1 aromatic heterocycles. The standard InChI is InChI=1S/C18H22FN5O2.ClH/c1-26-13-2-3-14(15(19)10-13)18(25)23-7-4-12(5-8-23)17-22-21-16-11-20-6-9-24(16)17;/h2-3,10,12,20H,4-9,11H2,1H3;1H. The molecule has 0 saturated carbocycles. The Morgan fingerprint density at radius 2 is 2.04 bits per heavy atom. The minimum Gasteiger partial charge on any atom is -0.497 e. The van der Waals surface area contributed by atoms with E-state index in [4.69, 9.17) is 4.74 Å². The second kappa shape index (κ2) is 8.22. The molecule has 2 aliphatic heterocycles. The van der Waals surface area contributed by atoms with E-state index in [9.17, 15) is 9.18 Å². The van der Waals surface area contributed by atoms with E-state index in [0.29, 0.717) is 24.8 Å². The number of piperidine rings is 1. The Morgan fingerprint density at radius 3 is 2.74 bits per heavy atom. The van der Waals surface area contributed by atoms with Gasteiger partial charge in [-0.15, -0.1) is 22.6 Å². The van der Waals surface area contributed by atoms with Gasteiger partial charge in [-0.3, -0.25) is 4.79 Å². The number of nitrogens with zero attached hydrogens (tertiary/aromatic N) is 4. The van der Waals surface area contributed by atoms with Gasteiger partial charge in [-0.2, -0.15) is 0 Å². The molecule has 9 heteroatoms. The van der Waals surface area contributed by atoms with Crippen molar-refractivity contribution in [1.82, 2.24) is 25.0 Å². The summed E-state index contributed by atoms with van der Waals surface area (Å²) in [5.74, 6) is 1.88. The zero-order valence-corrected chi connectivity index (χ0v) is 16.0.